The molecule has 0 saturated heterocycles. The van der Waals surface area contributed by atoms with Gasteiger partial charge in [-0.05, 0) is 31.7 Å². The largest absolute Gasteiger partial charge is 0.394 e. The van der Waals surface area contributed by atoms with Crippen molar-refractivity contribution < 1.29 is 9.90 Å². The molecule has 0 aliphatic heterocycles. The first-order valence-electron chi connectivity index (χ1n) is 11.7. The SMILES string of the molecule is CCCC(CCC)Nc1c(C(=O)N[C@@H](CO)Cc2ccccc2)cnc2c1cnn2CC. The van der Waals surface area contributed by atoms with Gasteiger partial charge in [0.05, 0.1) is 35.5 Å². The number of aliphatic hydroxyl groups is 1. The summed E-state index contributed by atoms with van der Waals surface area (Å²) in [5.41, 5.74) is 3.09. The summed E-state index contributed by atoms with van der Waals surface area (Å²) in [5.74, 6) is -0.243. The lowest BCUT2D eigenvalue weighted by Gasteiger charge is -2.22. The highest BCUT2D eigenvalue weighted by molar-refractivity contribution is 6.06. The Morgan fingerprint density at radius 2 is 1.78 bits per heavy atom. The summed E-state index contributed by atoms with van der Waals surface area (Å²) < 4.78 is 1.84. The topological polar surface area (TPSA) is 92.1 Å². The number of nitrogens with one attached hydrogen (secondary N) is 2. The molecule has 1 aromatic carbocycles. The van der Waals surface area contributed by atoms with E-state index in [1.54, 1.807) is 12.4 Å². The molecule has 0 bridgehead atoms. The molecule has 7 heteroatoms. The van der Waals surface area contributed by atoms with Gasteiger partial charge in [0.2, 0.25) is 0 Å². The van der Waals surface area contributed by atoms with Crippen molar-refractivity contribution >= 4 is 22.6 Å². The first kappa shape index (κ1) is 23.7. The van der Waals surface area contributed by atoms with Crippen LogP contribution in [0.15, 0.2) is 42.7 Å². The zero-order chi connectivity index (χ0) is 22.9. The fraction of sp³-hybridized carbons (Fsp3) is 0.480. The molecule has 0 aliphatic carbocycles. The molecule has 3 aromatic rings. The lowest BCUT2D eigenvalue weighted by Crippen LogP contribution is -2.39. The molecule has 172 valence electrons. The highest BCUT2D eigenvalue weighted by Gasteiger charge is 2.22. The van der Waals surface area contributed by atoms with Crippen molar-refractivity contribution in [3.63, 3.8) is 0 Å². The van der Waals surface area contributed by atoms with Gasteiger partial charge in [-0.15, -0.1) is 0 Å². The highest BCUT2D eigenvalue weighted by atomic mass is 16.3. The molecule has 32 heavy (non-hydrogen) atoms. The van der Waals surface area contributed by atoms with Gasteiger partial charge in [0.15, 0.2) is 5.65 Å². The molecule has 1 atom stereocenters. The maximum Gasteiger partial charge on any atom is 0.255 e. The van der Waals surface area contributed by atoms with Crippen molar-refractivity contribution in [3.8, 4) is 0 Å². The lowest BCUT2D eigenvalue weighted by molar-refractivity contribution is 0.0917. The molecule has 0 unspecified atom stereocenters. The number of rotatable bonds is 12. The van der Waals surface area contributed by atoms with E-state index in [1.165, 1.54) is 0 Å². The molecule has 7 nitrogen and oxygen atoms in total. The second-order valence-electron chi connectivity index (χ2n) is 8.21. The smallest absolute Gasteiger partial charge is 0.255 e. The number of carbonyl (C=O) groups is 1. The number of nitrogens with zero attached hydrogens (tertiary/aromatic N) is 3. The minimum absolute atomic E-state index is 0.138. The Labute approximate surface area is 190 Å². The fourth-order valence-corrected chi connectivity index (χ4v) is 4.10. The third kappa shape index (κ3) is 5.65. The minimum atomic E-state index is -0.381. The Bertz CT molecular complexity index is 996. The van der Waals surface area contributed by atoms with Gasteiger partial charge in [-0.2, -0.15) is 5.10 Å². The second kappa shape index (κ2) is 11.6. The predicted molar refractivity (Wildman–Crippen MR) is 129 cm³/mol. The van der Waals surface area contributed by atoms with E-state index in [0.717, 1.165) is 48.0 Å². The van der Waals surface area contributed by atoms with Crippen molar-refractivity contribution in [1.82, 2.24) is 20.1 Å². The van der Waals surface area contributed by atoms with E-state index in [0.29, 0.717) is 18.5 Å². The van der Waals surface area contributed by atoms with Crippen LogP contribution in [0.1, 0.15) is 62.4 Å². The Morgan fingerprint density at radius 1 is 1.06 bits per heavy atom. The van der Waals surface area contributed by atoms with Crippen LogP contribution in [0.4, 0.5) is 5.69 Å². The van der Waals surface area contributed by atoms with E-state index >= 15 is 0 Å². The van der Waals surface area contributed by atoms with Crippen molar-refractivity contribution in [2.24, 2.45) is 0 Å². The number of hydrogen-bond donors (Lipinski definition) is 3. The Kier molecular flexibility index (Phi) is 8.62. The minimum Gasteiger partial charge on any atom is -0.394 e. The van der Waals surface area contributed by atoms with Crippen LogP contribution < -0.4 is 10.6 Å². The number of hydrogen-bond acceptors (Lipinski definition) is 5. The molecule has 3 N–H and O–H groups in total. The first-order chi connectivity index (χ1) is 15.6. The molecule has 0 fully saturated rings. The maximum absolute atomic E-state index is 13.3. The van der Waals surface area contributed by atoms with Crippen LogP contribution in [0.25, 0.3) is 11.0 Å². The number of fused-ring (bicyclic) bond motifs is 1. The summed E-state index contributed by atoms with van der Waals surface area (Å²) in [6, 6.07) is 9.74. The zero-order valence-corrected chi connectivity index (χ0v) is 19.3. The van der Waals surface area contributed by atoms with Crippen LogP contribution in [0.5, 0.6) is 0 Å². The number of pyridine rings is 1. The summed E-state index contributed by atoms with van der Waals surface area (Å²) in [6.07, 6.45) is 8.13. The van der Waals surface area contributed by atoms with E-state index < -0.39 is 0 Å². The molecule has 2 heterocycles. The zero-order valence-electron chi connectivity index (χ0n) is 19.3. The molecule has 0 spiro atoms. The lowest BCUT2D eigenvalue weighted by atomic mass is 10.0. The molecular formula is C25H35N5O2. The van der Waals surface area contributed by atoms with Gasteiger partial charge in [0, 0.05) is 18.8 Å². The molecule has 0 aliphatic rings. The van der Waals surface area contributed by atoms with Crippen molar-refractivity contribution in [2.75, 3.05) is 11.9 Å². The van der Waals surface area contributed by atoms with Gasteiger partial charge in [-0.3, -0.25) is 4.79 Å². The standard InChI is InChI=1S/C25H35N5O2/c1-4-10-19(11-5-2)28-23-21-16-27-30(6-3)24(21)26-15-22(23)25(32)29-20(17-31)14-18-12-8-7-9-13-18/h7-9,12-13,15-16,19-20,31H,4-6,10-11,14,17H2,1-3H3,(H,26,28)(H,29,32)/t20-/m1/s1. The van der Waals surface area contributed by atoms with Crippen LogP contribution in [0, 0.1) is 0 Å². The Hall–Kier alpha value is -2.93. The average Bonchev–Trinajstić information content (AvgIpc) is 3.23. The van der Waals surface area contributed by atoms with E-state index in [4.69, 9.17) is 0 Å². The summed E-state index contributed by atoms with van der Waals surface area (Å²) in [7, 11) is 0. The molecule has 3 rings (SSSR count). The van der Waals surface area contributed by atoms with Crippen LogP contribution >= 0.6 is 0 Å². The molecule has 0 saturated carbocycles. The Balaban J connectivity index is 1.92. The van der Waals surface area contributed by atoms with E-state index in [-0.39, 0.29) is 24.6 Å². The van der Waals surface area contributed by atoms with Crippen LogP contribution in [-0.4, -0.2) is 44.5 Å². The number of aromatic nitrogens is 3. The van der Waals surface area contributed by atoms with Gasteiger partial charge >= 0.3 is 0 Å². The van der Waals surface area contributed by atoms with Crippen molar-refractivity contribution in [1.29, 1.82) is 0 Å². The third-order valence-corrected chi connectivity index (χ3v) is 5.71. The average molecular weight is 438 g/mol. The number of anilines is 1. The van der Waals surface area contributed by atoms with Gasteiger partial charge in [-0.25, -0.2) is 9.67 Å². The maximum atomic E-state index is 13.3. The highest BCUT2D eigenvalue weighted by Crippen LogP contribution is 2.28. The van der Waals surface area contributed by atoms with Crippen LogP contribution in [-0.2, 0) is 13.0 Å². The molecule has 1 amide bonds. The number of carbonyl (C=O) groups excluding carboxylic acids is 1. The fourth-order valence-electron chi connectivity index (χ4n) is 4.10. The van der Waals surface area contributed by atoms with E-state index in [9.17, 15) is 9.90 Å². The monoisotopic (exact) mass is 437 g/mol. The first-order valence-corrected chi connectivity index (χ1v) is 11.7. The Morgan fingerprint density at radius 3 is 2.41 bits per heavy atom. The molecular weight excluding hydrogens is 402 g/mol. The van der Waals surface area contributed by atoms with E-state index in [2.05, 4.69) is 34.6 Å². The molecule has 2 aromatic heterocycles. The summed E-state index contributed by atoms with van der Waals surface area (Å²) in [5, 5.41) is 21.8. The number of aliphatic hydroxyl groups excluding tert-OH is 1. The van der Waals surface area contributed by atoms with Crippen LogP contribution in [0.2, 0.25) is 0 Å². The summed E-state index contributed by atoms with van der Waals surface area (Å²) in [4.78, 5) is 17.9. The number of aryl methyl sites for hydroxylation is 1. The van der Waals surface area contributed by atoms with Gasteiger partial charge in [-0.1, -0.05) is 57.0 Å². The van der Waals surface area contributed by atoms with Gasteiger partial charge in [0.25, 0.3) is 5.91 Å². The normalized spacial score (nSPS) is 12.3. The third-order valence-electron chi connectivity index (χ3n) is 5.71. The number of benzene rings is 1. The van der Waals surface area contributed by atoms with Crippen molar-refractivity contribution in [3.05, 3.63) is 53.9 Å². The predicted octanol–water partition coefficient (Wildman–Crippen LogP) is 4.17. The van der Waals surface area contributed by atoms with Gasteiger partial charge < -0.3 is 15.7 Å². The van der Waals surface area contributed by atoms with E-state index in [1.807, 2.05) is 41.9 Å². The van der Waals surface area contributed by atoms with Crippen molar-refractivity contribution in [2.45, 2.75) is 71.5 Å². The van der Waals surface area contributed by atoms with Gasteiger partial charge in [0.1, 0.15) is 0 Å². The summed E-state index contributed by atoms with van der Waals surface area (Å²) in [6.45, 7) is 6.93. The van der Waals surface area contributed by atoms with Crippen LogP contribution in [0.3, 0.4) is 0 Å². The second-order valence-corrected chi connectivity index (χ2v) is 8.21. The summed E-state index contributed by atoms with van der Waals surface area (Å²) >= 11 is 0. The molecule has 0 radical (unpaired) electrons. The number of amides is 1. The quantitative estimate of drug-likeness (QED) is 0.396.